The molecule has 0 radical (unpaired) electrons. The van der Waals surface area contributed by atoms with E-state index in [9.17, 15) is 0 Å². The summed E-state index contributed by atoms with van der Waals surface area (Å²) in [5.41, 5.74) is 7.67. The second kappa shape index (κ2) is 20.7. The molecule has 3 nitrogen and oxygen atoms in total. The molecule has 0 N–H and O–H groups in total. The lowest BCUT2D eigenvalue weighted by atomic mass is 9.95. The third-order valence-corrected chi connectivity index (χ3v) is 9.09. The fourth-order valence-corrected chi connectivity index (χ4v) is 6.45. The van der Waals surface area contributed by atoms with Crippen LogP contribution in [-0.4, -0.2) is 18.2 Å². The van der Waals surface area contributed by atoms with Gasteiger partial charge in [0.15, 0.2) is 0 Å². The van der Waals surface area contributed by atoms with Crippen LogP contribution in [0, 0.1) is 0 Å². The van der Waals surface area contributed by atoms with Crippen molar-refractivity contribution in [3.63, 3.8) is 0 Å². The average molecular weight is 608 g/mol. The summed E-state index contributed by atoms with van der Waals surface area (Å²) < 4.78 is 12.1. The van der Waals surface area contributed by atoms with Crippen molar-refractivity contribution in [2.75, 3.05) is 13.2 Å². The van der Waals surface area contributed by atoms with Gasteiger partial charge in [0.25, 0.3) is 0 Å². The van der Waals surface area contributed by atoms with Crippen LogP contribution in [0.4, 0.5) is 0 Å². The third kappa shape index (κ3) is 11.8. The molecule has 0 bridgehead atoms. The van der Waals surface area contributed by atoms with E-state index in [4.69, 9.17) is 14.5 Å². The highest BCUT2D eigenvalue weighted by Gasteiger charge is 2.21. The van der Waals surface area contributed by atoms with Crippen LogP contribution in [0.3, 0.4) is 0 Å². The van der Waals surface area contributed by atoms with Gasteiger partial charge in [0.05, 0.1) is 18.9 Å². The van der Waals surface area contributed by atoms with Crippen LogP contribution in [0.5, 0.6) is 11.5 Å². The maximum absolute atomic E-state index is 6.06. The second-order valence-electron chi connectivity index (χ2n) is 12.7. The Kier molecular flexibility index (Phi) is 15.9. The first-order chi connectivity index (χ1) is 22.3. The molecule has 1 aliphatic rings. The third-order valence-electron chi connectivity index (χ3n) is 9.09. The summed E-state index contributed by atoms with van der Waals surface area (Å²) in [6.07, 6.45) is 29.8. The maximum atomic E-state index is 6.06. The molecule has 0 atom stereocenters. The summed E-state index contributed by atoms with van der Waals surface area (Å²) in [6.45, 7) is 9.18. The molecule has 0 aliphatic heterocycles. The zero-order valence-corrected chi connectivity index (χ0v) is 27.9. The number of pyridine rings is 1. The topological polar surface area (TPSA) is 31.4 Å². The molecule has 1 aromatic heterocycles. The Hall–Kier alpha value is -3.33. The maximum Gasteiger partial charge on any atom is 0.119 e. The molecule has 0 saturated heterocycles. The molecule has 0 unspecified atom stereocenters. The van der Waals surface area contributed by atoms with Crippen LogP contribution >= 0.6 is 0 Å². The van der Waals surface area contributed by atoms with Gasteiger partial charge in [-0.25, -0.2) is 0 Å². The van der Waals surface area contributed by atoms with E-state index in [1.165, 1.54) is 111 Å². The van der Waals surface area contributed by atoms with Crippen molar-refractivity contribution in [3.8, 4) is 33.9 Å². The highest BCUT2D eigenvalue weighted by Crippen LogP contribution is 2.38. The van der Waals surface area contributed by atoms with Crippen LogP contribution in [-0.2, 0) is 12.8 Å². The standard InChI is InChI=1S/C42H57NO2/c1-3-5-7-9-11-13-15-17-19-32-44-37-28-24-35(25-29-37)41-34-43-42(40-23-21-22-39(40)41)36-26-30-38(31-27-36)45-33-20-18-16-14-12-10-8-6-4-2/h3-4,24-31,34H,1-2,5-23,32-33H2. The van der Waals surface area contributed by atoms with Gasteiger partial charge in [0.2, 0.25) is 0 Å². The first-order valence-electron chi connectivity index (χ1n) is 18.0. The fourth-order valence-electron chi connectivity index (χ4n) is 6.45. The minimum absolute atomic E-state index is 0.791. The molecule has 0 spiro atoms. The lowest BCUT2D eigenvalue weighted by Crippen LogP contribution is -1.99. The molecule has 3 aromatic rings. The van der Waals surface area contributed by atoms with Gasteiger partial charge in [-0.3, -0.25) is 4.98 Å². The number of nitrogens with zero attached hydrogens (tertiary/aromatic N) is 1. The number of hydrogen-bond donors (Lipinski definition) is 0. The van der Waals surface area contributed by atoms with Gasteiger partial charge in [-0.15, -0.1) is 13.2 Å². The van der Waals surface area contributed by atoms with Crippen molar-refractivity contribution in [1.82, 2.24) is 4.98 Å². The number of benzene rings is 2. The van der Waals surface area contributed by atoms with Crippen molar-refractivity contribution in [2.45, 2.75) is 122 Å². The molecule has 0 amide bonds. The van der Waals surface area contributed by atoms with Crippen LogP contribution in [0.15, 0.2) is 80.0 Å². The Bertz CT molecular complexity index is 1160. The minimum Gasteiger partial charge on any atom is -0.494 e. The van der Waals surface area contributed by atoms with Crippen molar-refractivity contribution in [1.29, 1.82) is 0 Å². The highest BCUT2D eigenvalue weighted by molar-refractivity contribution is 5.75. The summed E-state index contributed by atoms with van der Waals surface area (Å²) in [4.78, 5) is 5.00. The zero-order chi connectivity index (χ0) is 31.4. The predicted octanol–water partition coefficient (Wildman–Crippen LogP) is 12.3. The Balaban J connectivity index is 1.20. The van der Waals surface area contributed by atoms with Gasteiger partial charge in [0, 0.05) is 17.3 Å². The quantitative estimate of drug-likeness (QED) is 0.0750. The number of unbranched alkanes of at least 4 members (excludes halogenated alkanes) is 14. The first-order valence-corrected chi connectivity index (χ1v) is 18.0. The summed E-state index contributed by atoms with van der Waals surface area (Å²) in [5.74, 6) is 1.91. The highest BCUT2D eigenvalue weighted by atomic mass is 16.5. The monoisotopic (exact) mass is 607 g/mol. The van der Waals surface area contributed by atoms with Crippen molar-refractivity contribution in [3.05, 3.63) is 91.2 Å². The molecule has 45 heavy (non-hydrogen) atoms. The molecule has 4 rings (SSSR count). The minimum atomic E-state index is 0.791. The predicted molar refractivity (Wildman–Crippen MR) is 192 cm³/mol. The molecule has 2 aromatic carbocycles. The number of allylic oxidation sites excluding steroid dienone is 2. The number of hydrogen-bond acceptors (Lipinski definition) is 3. The molecule has 1 heterocycles. The zero-order valence-electron chi connectivity index (χ0n) is 27.9. The largest absolute Gasteiger partial charge is 0.494 e. The SMILES string of the molecule is C=CCCCCCCCCCOc1ccc(-c2cnc(-c3ccc(OCCCCCCCCCC=C)cc3)c3c2CCC3)cc1. The van der Waals surface area contributed by atoms with E-state index in [-0.39, 0.29) is 0 Å². The smallest absolute Gasteiger partial charge is 0.119 e. The Morgan fingerprint density at radius 1 is 0.533 bits per heavy atom. The lowest BCUT2D eigenvalue weighted by molar-refractivity contribution is 0.304. The Morgan fingerprint density at radius 3 is 1.49 bits per heavy atom. The van der Waals surface area contributed by atoms with Crippen molar-refractivity contribution in [2.24, 2.45) is 0 Å². The molecule has 1 aliphatic carbocycles. The second-order valence-corrected chi connectivity index (χ2v) is 12.7. The Labute approximate surface area is 274 Å². The van der Waals surface area contributed by atoms with E-state index in [0.717, 1.165) is 68.9 Å². The van der Waals surface area contributed by atoms with E-state index in [1.807, 2.05) is 12.2 Å². The van der Waals surface area contributed by atoms with Crippen molar-refractivity contribution >= 4 is 0 Å². The molecule has 0 saturated carbocycles. The van der Waals surface area contributed by atoms with E-state index >= 15 is 0 Å². The first kappa shape index (κ1) is 34.5. The molecule has 0 fully saturated rings. The van der Waals surface area contributed by atoms with Crippen LogP contribution in [0.2, 0.25) is 0 Å². The van der Waals surface area contributed by atoms with Gasteiger partial charge in [0.1, 0.15) is 11.5 Å². The molecule has 3 heteroatoms. The summed E-state index contributed by atoms with van der Waals surface area (Å²) in [5, 5.41) is 0. The van der Waals surface area contributed by atoms with E-state index < -0.39 is 0 Å². The van der Waals surface area contributed by atoms with Crippen LogP contribution in [0.1, 0.15) is 120 Å². The number of aromatic nitrogens is 1. The van der Waals surface area contributed by atoms with Crippen molar-refractivity contribution < 1.29 is 9.47 Å². The average Bonchev–Trinajstić information content (AvgIpc) is 3.57. The number of rotatable bonds is 24. The van der Waals surface area contributed by atoms with E-state index in [0.29, 0.717) is 0 Å². The van der Waals surface area contributed by atoms with E-state index in [1.54, 1.807) is 0 Å². The fraction of sp³-hybridized carbons (Fsp3) is 0.500. The number of fused-ring (bicyclic) bond motifs is 1. The summed E-state index contributed by atoms with van der Waals surface area (Å²) in [6, 6.07) is 17.2. The van der Waals surface area contributed by atoms with Gasteiger partial charge in [-0.05, 0) is 111 Å². The normalized spacial score (nSPS) is 12.2. The Morgan fingerprint density at radius 2 is 0.978 bits per heavy atom. The van der Waals surface area contributed by atoms with Crippen LogP contribution in [0.25, 0.3) is 22.4 Å². The summed E-state index contributed by atoms with van der Waals surface area (Å²) >= 11 is 0. The molecular weight excluding hydrogens is 550 g/mol. The molecule has 242 valence electrons. The van der Waals surface area contributed by atoms with Crippen LogP contribution < -0.4 is 9.47 Å². The van der Waals surface area contributed by atoms with Gasteiger partial charge in [-0.2, -0.15) is 0 Å². The number of ether oxygens (including phenoxy) is 2. The van der Waals surface area contributed by atoms with Gasteiger partial charge >= 0.3 is 0 Å². The summed E-state index contributed by atoms with van der Waals surface area (Å²) in [7, 11) is 0. The molecular formula is C42H57NO2. The van der Waals surface area contributed by atoms with Gasteiger partial charge in [-0.1, -0.05) is 88.5 Å². The van der Waals surface area contributed by atoms with Gasteiger partial charge < -0.3 is 9.47 Å². The van der Waals surface area contributed by atoms with E-state index in [2.05, 4.69) is 67.9 Å². The lowest BCUT2D eigenvalue weighted by Gasteiger charge is -2.14.